The van der Waals surface area contributed by atoms with Crippen molar-refractivity contribution in [3.8, 4) is 11.9 Å². The number of hydrogen-bond donors (Lipinski definition) is 4. The molecule has 0 fully saturated rings. The molecule has 0 amide bonds. The zero-order chi connectivity index (χ0) is 21.7. The fourth-order valence-corrected chi connectivity index (χ4v) is 2.66. The van der Waals surface area contributed by atoms with E-state index in [1.54, 1.807) is 6.07 Å². The van der Waals surface area contributed by atoms with Gasteiger partial charge in [-0.15, -0.1) is 5.10 Å². The highest BCUT2D eigenvalue weighted by Crippen LogP contribution is 2.27. The SMILES string of the molecule is CC(C)Oc1cc(Nc2nc(N[C@@H](CO)c3ccc(F)cc3)c(C#N)cc2F)[nH]n1. The second-order valence-electron chi connectivity index (χ2n) is 6.67. The molecule has 0 unspecified atom stereocenters. The normalized spacial score (nSPS) is 11.8. The number of aliphatic hydroxyl groups excluding tert-OH is 1. The Balaban J connectivity index is 1.86. The van der Waals surface area contributed by atoms with Gasteiger partial charge >= 0.3 is 0 Å². The van der Waals surface area contributed by atoms with Gasteiger partial charge in [-0.25, -0.2) is 13.8 Å². The van der Waals surface area contributed by atoms with Crippen molar-refractivity contribution in [2.45, 2.75) is 26.0 Å². The summed E-state index contributed by atoms with van der Waals surface area (Å²) >= 11 is 0. The number of aromatic amines is 1. The van der Waals surface area contributed by atoms with Crippen LogP contribution in [0.3, 0.4) is 0 Å². The number of benzene rings is 1. The number of H-pyrrole nitrogens is 1. The van der Waals surface area contributed by atoms with E-state index in [9.17, 15) is 19.1 Å². The lowest BCUT2D eigenvalue weighted by Crippen LogP contribution is -2.17. The van der Waals surface area contributed by atoms with Crippen molar-refractivity contribution in [1.82, 2.24) is 15.2 Å². The van der Waals surface area contributed by atoms with E-state index >= 15 is 0 Å². The van der Waals surface area contributed by atoms with Crippen molar-refractivity contribution in [3.05, 3.63) is 59.2 Å². The highest BCUT2D eigenvalue weighted by atomic mass is 19.1. The molecule has 0 saturated heterocycles. The Bertz CT molecular complexity index is 1050. The minimum atomic E-state index is -0.750. The third kappa shape index (κ3) is 5.01. The van der Waals surface area contributed by atoms with Crippen molar-refractivity contribution in [3.63, 3.8) is 0 Å². The summed E-state index contributed by atoms with van der Waals surface area (Å²) in [6.45, 7) is 3.34. The maximum atomic E-state index is 14.4. The smallest absolute Gasteiger partial charge is 0.234 e. The fourth-order valence-electron chi connectivity index (χ4n) is 2.66. The Morgan fingerprint density at radius 2 is 1.93 bits per heavy atom. The molecule has 8 nitrogen and oxygen atoms in total. The van der Waals surface area contributed by atoms with Gasteiger partial charge in [-0.2, -0.15) is 5.26 Å². The average molecular weight is 414 g/mol. The first kappa shape index (κ1) is 21.0. The highest BCUT2D eigenvalue weighted by Gasteiger charge is 2.18. The molecular formula is C20H20F2N6O2. The first-order chi connectivity index (χ1) is 14.4. The van der Waals surface area contributed by atoms with Crippen molar-refractivity contribution in [2.75, 3.05) is 17.2 Å². The summed E-state index contributed by atoms with van der Waals surface area (Å²) in [6.07, 6.45) is -0.0800. The number of aromatic nitrogens is 3. The fraction of sp³-hybridized carbons (Fsp3) is 0.250. The van der Waals surface area contributed by atoms with Gasteiger partial charge in [0.1, 0.15) is 23.5 Å². The van der Waals surface area contributed by atoms with Crippen molar-refractivity contribution < 1.29 is 18.6 Å². The molecule has 0 saturated carbocycles. The summed E-state index contributed by atoms with van der Waals surface area (Å²) in [6, 6.07) is 9.27. The molecule has 30 heavy (non-hydrogen) atoms. The lowest BCUT2D eigenvalue weighted by atomic mass is 10.1. The zero-order valence-electron chi connectivity index (χ0n) is 16.3. The third-order valence-corrected chi connectivity index (χ3v) is 4.03. The van der Waals surface area contributed by atoms with E-state index in [-0.39, 0.29) is 29.9 Å². The predicted octanol–water partition coefficient (Wildman–Crippen LogP) is 3.63. The van der Waals surface area contributed by atoms with Gasteiger partial charge < -0.3 is 20.5 Å². The summed E-state index contributed by atoms with van der Waals surface area (Å²) in [5.41, 5.74) is 0.527. The van der Waals surface area contributed by atoms with Crippen LogP contribution in [0, 0.1) is 23.0 Å². The largest absolute Gasteiger partial charge is 0.474 e. The molecule has 10 heteroatoms. The maximum Gasteiger partial charge on any atom is 0.234 e. The van der Waals surface area contributed by atoms with E-state index in [0.29, 0.717) is 17.3 Å². The molecule has 1 aromatic carbocycles. The summed E-state index contributed by atoms with van der Waals surface area (Å²) in [7, 11) is 0. The standard InChI is InChI=1S/C20H20F2N6O2/c1-11(2)30-18-8-17(27-28-18)25-20-15(22)7-13(9-23)19(26-20)24-16(10-29)12-3-5-14(21)6-4-12/h3-8,11,16,29H,10H2,1-2H3,(H3,24,25,26,27,28)/t16-/m0/s1. The van der Waals surface area contributed by atoms with E-state index in [2.05, 4.69) is 25.8 Å². The van der Waals surface area contributed by atoms with E-state index in [4.69, 9.17) is 4.74 Å². The minimum absolute atomic E-state index is 0.0490. The summed E-state index contributed by atoms with van der Waals surface area (Å²) in [5.74, 6) is -0.600. The van der Waals surface area contributed by atoms with Gasteiger partial charge in [0.25, 0.3) is 0 Å². The van der Waals surface area contributed by atoms with Crippen LogP contribution in [0.5, 0.6) is 5.88 Å². The number of hydrogen-bond acceptors (Lipinski definition) is 7. The summed E-state index contributed by atoms with van der Waals surface area (Å²) in [4.78, 5) is 4.15. The molecule has 0 bridgehead atoms. The second kappa shape index (κ2) is 9.19. The van der Waals surface area contributed by atoms with E-state index in [1.165, 1.54) is 24.3 Å². The van der Waals surface area contributed by atoms with Gasteiger partial charge in [0.05, 0.1) is 24.3 Å². The van der Waals surface area contributed by atoms with Crippen LogP contribution < -0.4 is 15.4 Å². The number of anilines is 3. The van der Waals surface area contributed by atoms with Crippen LogP contribution in [0.2, 0.25) is 0 Å². The molecule has 3 rings (SSSR count). The molecule has 0 spiro atoms. The molecule has 0 aliphatic heterocycles. The monoisotopic (exact) mass is 414 g/mol. The Morgan fingerprint density at radius 1 is 1.20 bits per heavy atom. The lowest BCUT2D eigenvalue weighted by Gasteiger charge is -2.19. The molecule has 0 aliphatic rings. The third-order valence-electron chi connectivity index (χ3n) is 4.03. The predicted molar refractivity (Wildman–Crippen MR) is 106 cm³/mol. The molecular weight excluding hydrogens is 394 g/mol. The van der Waals surface area contributed by atoms with Crippen molar-refractivity contribution in [1.29, 1.82) is 5.26 Å². The van der Waals surface area contributed by atoms with E-state index in [1.807, 2.05) is 19.9 Å². The molecule has 0 aliphatic carbocycles. The second-order valence-corrected chi connectivity index (χ2v) is 6.67. The topological polar surface area (TPSA) is 119 Å². The summed E-state index contributed by atoms with van der Waals surface area (Å²) < 4.78 is 33.1. The Morgan fingerprint density at radius 3 is 2.57 bits per heavy atom. The van der Waals surface area contributed by atoms with E-state index < -0.39 is 17.7 Å². The molecule has 0 radical (unpaired) electrons. The highest BCUT2D eigenvalue weighted by molar-refractivity contribution is 5.62. The Labute approximate surface area is 171 Å². The van der Waals surface area contributed by atoms with Gasteiger partial charge in [0.2, 0.25) is 5.88 Å². The number of ether oxygens (including phenoxy) is 1. The van der Waals surface area contributed by atoms with Gasteiger partial charge in [0.15, 0.2) is 11.6 Å². The molecule has 3 aromatic rings. The zero-order valence-corrected chi connectivity index (χ0v) is 16.3. The van der Waals surface area contributed by atoms with Crippen LogP contribution in [-0.4, -0.2) is 33.0 Å². The molecule has 2 heterocycles. The van der Waals surface area contributed by atoms with Crippen LogP contribution in [0.25, 0.3) is 0 Å². The maximum absolute atomic E-state index is 14.4. The van der Waals surface area contributed by atoms with Crippen LogP contribution in [-0.2, 0) is 0 Å². The van der Waals surface area contributed by atoms with Crippen molar-refractivity contribution >= 4 is 17.5 Å². The van der Waals surface area contributed by atoms with Crippen LogP contribution in [0.1, 0.15) is 31.0 Å². The first-order valence-electron chi connectivity index (χ1n) is 9.12. The van der Waals surface area contributed by atoms with Crippen LogP contribution >= 0.6 is 0 Å². The minimum Gasteiger partial charge on any atom is -0.474 e. The van der Waals surface area contributed by atoms with Gasteiger partial charge in [-0.05, 0) is 37.6 Å². The number of halogens is 2. The number of rotatable bonds is 8. The molecule has 4 N–H and O–H groups in total. The van der Waals surface area contributed by atoms with E-state index in [0.717, 1.165) is 6.07 Å². The van der Waals surface area contributed by atoms with Crippen LogP contribution in [0.4, 0.5) is 26.2 Å². The van der Waals surface area contributed by atoms with Gasteiger partial charge in [-0.1, -0.05) is 12.1 Å². The first-order valence-corrected chi connectivity index (χ1v) is 9.12. The van der Waals surface area contributed by atoms with Crippen molar-refractivity contribution in [2.24, 2.45) is 0 Å². The molecule has 2 aromatic heterocycles. The average Bonchev–Trinajstić information content (AvgIpc) is 3.15. The molecule has 1 atom stereocenters. The lowest BCUT2D eigenvalue weighted by molar-refractivity contribution is 0.232. The number of nitrogens with zero attached hydrogens (tertiary/aromatic N) is 3. The van der Waals surface area contributed by atoms with Gasteiger partial charge in [-0.3, -0.25) is 5.10 Å². The van der Waals surface area contributed by atoms with Crippen LogP contribution in [0.15, 0.2) is 36.4 Å². The number of nitrogens with one attached hydrogen (secondary N) is 3. The number of pyridine rings is 1. The Hall–Kier alpha value is -3.71. The quantitative estimate of drug-likeness (QED) is 0.444. The Kier molecular flexibility index (Phi) is 6.44. The summed E-state index contributed by atoms with van der Waals surface area (Å²) in [5, 5.41) is 31.3. The number of nitriles is 1. The number of aliphatic hydroxyl groups is 1. The molecule has 156 valence electrons. The van der Waals surface area contributed by atoms with Gasteiger partial charge in [0, 0.05) is 6.07 Å².